The second-order valence-corrected chi connectivity index (χ2v) is 6.45. The van der Waals surface area contributed by atoms with Gasteiger partial charge in [0.05, 0.1) is 5.78 Å². The van der Waals surface area contributed by atoms with Gasteiger partial charge in [-0.1, -0.05) is 44.4 Å². The van der Waals surface area contributed by atoms with Crippen LogP contribution in [-0.4, -0.2) is 10.7 Å². The highest BCUT2D eigenvalue weighted by Gasteiger charge is 2.28. The summed E-state index contributed by atoms with van der Waals surface area (Å²) in [6.07, 6.45) is 3.67. The molecule has 0 saturated heterocycles. The maximum absolute atomic E-state index is 12.1. The van der Waals surface area contributed by atoms with Crippen LogP contribution in [0, 0.1) is 0 Å². The zero-order valence-electron chi connectivity index (χ0n) is 9.67. The molecule has 0 bridgehead atoms. The number of nitrogens with two attached hydrogens (primary N) is 1. The molecule has 0 radical (unpaired) electrons. The van der Waals surface area contributed by atoms with Gasteiger partial charge in [0.15, 0.2) is 0 Å². The van der Waals surface area contributed by atoms with Crippen LogP contribution in [0.4, 0.5) is 0 Å². The summed E-state index contributed by atoms with van der Waals surface area (Å²) in [5, 5.41) is 0.457. The normalized spacial score (nSPS) is 16.7. The second-order valence-electron chi connectivity index (χ2n) is 4.02. The molecule has 1 rings (SSSR count). The molecule has 1 aromatic carbocycles. The molecular weight excluding hydrogens is 221 g/mol. The van der Waals surface area contributed by atoms with Crippen molar-refractivity contribution in [1.82, 2.24) is 0 Å². The molecule has 0 aromatic heterocycles. The maximum Gasteiger partial charge on any atom is 0.245 e. The Labute approximate surface area is 97.1 Å². The van der Waals surface area contributed by atoms with Crippen LogP contribution >= 0.6 is 7.37 Å². The second kappa shape index (κ2) is 6.19. The lowest BCUT2D eigenvalue weighted by atomic mass is 10.2. The first kappa shape index (κ1) is 13.4. The van der Waals surface area contributed by atoms with Crippen LogP contribution in [0.15, 0.2) is 30.3 Å². The minimum absolute atomic E-state index is 0.457. The van der Waals surface area contributed by atoms with Crippen molar-refractivity contribution in [3.8, 4) is 0 Å². The number of unbranched alkanes of at least 4 members (excludes halogenated alkanes) is 2. The van der Waals surface area contributed by atoms with E-state index in [0.29, 0.717) is 11.7 Å². The lowest BCUT2D eigenvalue weighted by Gasteiger charge is -2.19. The minimum Gasteiger partial charge on any atom is -0.340 e. The fraction of sp³-hybridized carbons (Fsp3) is 0.500. The van der Waals surface area contributed by atoms with Crippen molar-refractivity contribution in [3.63, 3.8) is 0 Å². The monoisotopic (exact) mass is 241 g/mol. The fourth-order valence-electron chi connectivity index (χ4n) is 1.61. The van der Waals surface area contributed by atoms with Gasteiger partial charge in [0.25, 0.3) is 0 Å². The predicted octanol–water partition coefficient (Wildman–Crippen LogP) is 2.45. The van der Waals surface area contributed by atoms with E-state index >= 15 is 0 Å². The zero-order chi connectivity index (χ0) is 12.0. The topological polar surface area (TPSA) is 63.3 Å². The maximum atomic E-state index is 12.1. The van der Waals surface area contributed by atoms with Crippen LogP contribution in [-0.2, 0) is 4.57 Å². The van der Waals surface area contributed by atoms with Crippen LogP contribution in [0.5, 0.6) is 0 Å². The van der Waals surface area contributed by atoms with Crippen LogP contribution in [0.25, 0.3) is 0 Å². The molecule has 3 nitrogen and oxygen atoms in total. The van der Waals surface area contributed by atoms with Gasteiger partial charge in [-0.15, -0.1) is 0 Å². The van der Waals surface area contributed by atoms with E-state index in [2.05, 4.69) is 6.92 Å². The molecule has 0 saturated carbocycles. The highest BCUT2D eigenvalue weighted by Crippen LogP contribution is 2.44. The van der Waals surface area contributed by atoms with Crippen molar-refractivity contribution in [2.75, 3.05) is 0 Å². The molecule has 1 aromatic rings. The molecule has 3 N–H and O–H groups in total. The zero-order valence-corrected chi connectivity index (χ0v) is 10.6. The molecule has 16 heavy (non-hydrogen) atoms. The van der Waals surface area contributed by atoms with Crippen LogP contribution < -0.4 is 11.0 Å². The van der Waals surface area contributed by atoms with E-state index in [0.717, 1.165) is 19.3 Å². The molecular formula is C12H20NO2P. The Balaban J connectivity index is 2.66. The van der Waals surface area contributed by atoms with E-state index in [1.165, 1.54) is 0 Å². The predicted molar refractivity (Wildman–Crippen MR) is 68.0 cm³/mol. The van der Waals surface area contributed by atoms with Gasteiger partial charge in [0.2, 0.25) is 7.37 Å². The first-order valence-electron chi connectivity index (χ1n) is 5.72. The third kappa shape index (κ3) is 3.44. The Morgan fingerprint density at radius 1 is 1.31 bits per heavy atom. The number of benzene rings is 1. The third-order valence-electron chi connectivity index (χ3n) is 2.68. The average molecular weight is 241 g/mol. The van der Waals surface area contributed by atoms with Crippen molar-refractivity contribution in [2.24, 2.45) is 5.73 Å². The summed E-state index contributed by atoms with van der Waals surface area (Å²) < 4.78 is 12.1. The van der Waals surface area contributed by atoms with Gasteiger partial charge in [0.1, 0.15) is 0 Å². The van der Waals surface area contributed by atoms with Gasteiger partial charge >= 0.3 is 0 Å². The van der Waals surface area contributed by atoms with Crippen molar-refractivity contribution in [3.05, 3.63) is 30.3 Å². The molecule has 0 aliphatic rings. The molecule has 2 unspecified atom stereocenters. The summed E-state index contributed by atoms with van der Waals surface area (Å²) >= 11 is 0. The van der Waals surface area contributed by atoms with Crippen molar-refractivity contribution < 1.29 is 9.46 Å². The van der Waals surface area contributed by atoms with Crippen molar-refractivity contribution >= 4 is 12.7 Å². The Kier molecular flexibility index (Phi) is 5.20. The van der Waals surface area contributed by atoms with Gasteiger partial charge in [-0.05, 0) is 18.6 Å². The Hall–Kier alpha value is -0.630. The molecule has 2 atom stereocenters. The summed E-state index contributed by atoms with van der Waals surface area (Å²) in [5.41, 5.74) is 5.81. The summed E-state index contributed by atoms with van der Waals surface area (Å²) in [4.78, 5) is 9.98. The summed E-state index contributed by atoms with van der Waals surface area (Å²) in [6, 6.07) is 8.68. The smallest absolute Gasteiger partial charge is 0.245 e. The van der Waals surface area contributed by atoms with Gasteiger partial charge in [-0.3, -0.25) is 4.57 Å². The standard InChI is InChI=1S/C12H20NO2P/c1-2-3-5-10-12(13)16(14,15)11-8-6-4-7-9-11/h4,6-9,12H,2-3,5,10,13H2,1H3,(H,14,15). The third-order valence-corrected chi connectivity index (χ3v) is 4.87. The molecule has 0 heterocycles. The van der Waals surface area contributed by atoms with E-state index in [9.17, 15) is 9.46 Å². The number of rotatable bonds is 6. The first-order valence-corrected chi connectivity index (χ1v) is 7.45. The highest BCUT2D eigenvalue weighted by atomic mass is 31.2. The van der Waals surface area contributed by atoms with Gasteiger partial charge in [-0.2, -0.15) is 0 Å². The average Bonchev–Trinajstić information content (AvgIpc) is 2.30. The van der Waals surface area contributed by atoms with Gasteiger partial charge in [-0.25, -0.2) is 0 Å². The fourth-order valence-corrected chi connectivity index (χ4v) is 3.13. The molecule has 0 fully saturated rings. The molecule has 4 heteroatoms. The summed E-state index contributed by atoms with van der Waals surface area (Å²) in [5.74, 6) is -0.638. The lowest BCUT2D eigenvalue weighted by Crippen LogP contribution is -2.25. The molecule has 0 aliphatic heterocycles. The quantitative estimate of drug-likeness (QED) is 0.594. The van der Waals surface area contributed by atoms with E-state index in [1.54, 1.807) is 24.3 Å². The van der Waals surface area contributed by atoms with Crippen LogP contribution in [0.2, 0.25) is 0 Å². The van der Waals surface area contributed by atoms with E-state index < -0.39 is 13.2 Å². The number of hydrogen-bond acceptors (Lipinski definition) is 2. The highest BCUT2D eigenvalue weighted by molar-refractivity contribution is 7.66. The Morgan fingerprint density at radius 3 is 2.50 bits per heavy atom. The van der Waals surface area contributed by atoms with Crippen molar-refractivity contribution in [1.29, 1.82) is 0 Å². The number of hydrogen-bond donors (Lipinski definition) is 2. The van der Waals surface area contributed by atoms with Gasteiger partial charge < -0.3 is 10.6 Å². The molecule has 0 aliphatic carbocycles. The molecule has 0 spiro atoms. The van der Waals surface area contributed by atoms with E-state index in [-0.39, 0.29) is 0 Å². The van der Waals surface area contributed by atoms with Gasteiger partial charge in [0, 0.05) is 5.30 Å². The Morgan fingerprint density at radius 2 is 1.94 bits per heavy atom. The molecule has 90 valence electrons. The van der Waals surface area contributed by atoms with Crippen LogP contribution in [0.3, 0.4) is 0 Å². The van der Waals surface area contributed by atoms with Crippen molar-refractivity contribution in [2.45, 2.75) is 38.4 Å². The van der Waals surface area contributed by atoms with Crippen LogP contribution in [0.1, 0.15) is 32.6 Å². The summed E-state index contributed by atoms with van der Waals surface area (Å²) in [6.45, 7) is 2.10. The largest absolute Gasteiger partial charge is 0.340 e. The lowest BCUT2D eigenvalue weighted by molar-refractivity contribution is 0.466. The van der Waals surface area contributed by atoms with E-state index in [4.69, 9.17) is 5.73 Å². The SMILES string of the molecule is CCCCCC(N)P(=O)(O)c1ccccc1. The Bertz CT molecular complexity index is 353. The van der Waals surface area contributed by atoms with E-state index in [1.807, 2.05) is 6.07 Å². The molecule has 0 amide bonds. The summed E-state index contributed by atoms with van der Waals surface area (Å²) in [7, 11) is -3.40. The first-order chi connectivity index (χ1) is 7.59. The minimum atomic E-state index is -3.40.